The van der Waals surface area contributed by atoms with Gasteiger partial charge in [0.15, 0.2) is 0 Å². The van der Waals surface area contributed by atoms with Crippen LogP contribution in [0, 0.1) is 0 Å². The van der Waals surface area contributed by atoms with Gasteiger partial charge in [-0.25, -0.2) is 0 Å². The number of fused-ring (bicyclic) bond motifs is 2. The summed E-state index contributed by atoms with van der Waals surface area (Å²) in [6, 6.07) is 78.3. The number of nitrogens with zero attached hydrogens (tertiary/aromatic N) is 2. The van der Waals surface area contributed by atoms with Crippen LogP contribution in [0.3, 0.4) is 0 Å². The molecule has 0 fully saturated rings. The maximum absolute atomic E-state index is 2.32. The summed E-state index contributed by atoms with van der Waals surface area (Å²) in [5.74, 6) is 0. The summed E-state index contributed by atoms with van der Waals surface area (Å²) in [6.45, 7) is 0. The Bertz CT molecular complexity index is 2440. The van der Waals surface area contributed by atoms with E-state index >= 15 is 0 Å². The summed E-state index contributed by atoms with van der Waals surface area (Å²) < 4.78 is 0. The van der Waals surface area contributed by atoms with E-state index in [1.54, 1.807) is 0 Å². The lowest BCUT2D eigenvalue weighted by Crippen LogP contribution is -2.09. The molecule has 0 aliphatic carbocycles. The minimum atomic E-state index is 0. The summed E-state index contributed by atoms with van der Waals surface area (Å²) in [4.78, 5) is 4.65. The van der Waals surface area contributed by atoms with Gasteiger partial charge in [0, 0.05) is 34.1 Å². The first-order chi connectivity index (χ1) is 25.8. The standard InChI is InChI=1S/C50H36N2.H2S/c1-3-18-45(19-4-1)51(49-32-26-37-12-7-9-14-43(37)35-49)47-28-22-39(23-29-47)41-16-11-17-42(34-41)40-24-30-48(31-25-40)52(46-20-5-2-6-21-46)50-33-27-38-13-8-10-15-44(38)36-50;/h1-36H;1H2. The maximum atomic E-state index is 2.32. The molecule has 0 amide bonds. The summed E-state index contributed by atoms with van der Waals surface area (Å²) in [5, 5.41) is 4.93. The van der Waals surface area contributed by atoms with Gasteiger partial charge in [0.05, 0.1) is 0 Å². The van der Waals surface area contributed by atoms with Crippen molar-refractivity contribution in [3.63, 3.8) is 0 Å². The molecule has 2 nitrogen and oxygen atoms in total. The average Bonchev–Trinajstić information content (AvgIpc) is 3.22. The second-order valence-electron chi connectivity index (χ2n) is 13.1. The Hall–Kier alpha value is -6.55. The zero-order chi connectivity index (χ0) is 34.7. The summed E-state index contributed by atoms with van der Waals surface area (Å²) in [5.41, 5.74) is 11.5. The van der Waals surface area contributed by atoms with Crippen molar-refractivity contribution >= 4 is 69.2 Å². The molecule has 0 saturated carbocycles. The molecule has 254 valence electrons. The van der Waals surface area contributed by atoms with Gasteiger partial charge in [0.2, 0.25) is 0 Å². The third-order valence-electron chi connectivity index (χ3n) is 9.79. The Morgan fingerprint density at radius 3 is 0.962 bits per heavy atom. The highest BCUT2D eigenvalue weighted by molar-refractivity contribution is 7.59. The van der Waals surface area contributed by atoms with Gasteiger partial charge in [-0.05, 0) is 123 Å². The lowest BCUT2D eigenvalue weighted by atomic mass is 9.98. The van der Waals surface area contributed by atoms with Crippen LogP contribution in [-0.4, -0.2) is 0 Å². The zero-order valence-corrected chi connectivity index (χ0v) is 30.2. The Kier molecular flexibility index (Phi) is 9.49. The number of anilines is 6. The van der Waals surface area contributed by atoms with Crippen LogP contribution in [0.4, 0.5) is 34.1 Å². The largest absolute Gasteiger partial charge is 0.310 e. The van der Waals surface area contributed by atoms with Gasteiger partial charge in [-0.15, -0.1) is 0 Å². The molecule has 0 N–H and O–H groups in total. The first-order valence-corrected chi connectivity index (χ1v) is 17.8. The van der Waals surface area contributed by atoms with Gasteiger partial charge in [-0.2, -0.15) is 13.5 Å². The topological polar surface area (TPSA) is 6.48 Å². The minimum Gasteiger partial charge on any atom is -0.310 e. The predicted molar refractivity (Wildman–Crippen MR) is 232 cm³/mol. The van der Waals surface area contributed by atoms with Crippen LogP contribution < -0.4 is 9.80 Å². The third-order valence-corrected chi connectivity index (χ3v) is 9.79. The Labute approximate surface area is 318 Å². The van der Waals surface area contributed by atoms with Crippen molar-refractivity contribution in [3.8, 4) is 22.3 Å². The molecule has 0 atom stereocenters. The number of rotatable bonds is 8. The molecule has 9 aromatic carbocycles. The van der Waals surface area contributed by atoms with E-state index in [0.717, 1.165) is 34.1 Å². The van der Waals surface area contributed by atoms with Crippen LogP contribution in [0.1, 0.15) is 0 Å². The van der Waals surface area contributed by atoms with Crippen LogP contribution in [0.2, 0.25) is 0 Å². The van der Waals surface area contributed by atoms with Crippen LogP contribution in [-0.2, 0) is 0 Å². The van der Waals surface area contributed by atoms with Gasteiger partial charge >= 0.3 is 0 Å². The van der Waals surface area contributed by atoms with Crippen molar-refractivity contribution in [2.75, 3.05) is 9.80 Å². The van der Waals surface area contributed by atoms with E-state index in [0.29, 0.717) is 0 Å². The molecule has 0 bridgehead atoms. The summed E-state index contributed by atoms with van der Waals surface area (Å²) >= 11 is 0. The molecule has 3 heteroatoms. The van der Waals surface area contributed by atoms with Crippen LogP contribution in [0.15, 0.2) is 218 Å². The van der Waals surface area contributed by atoms with Gasteiger partial charge in [-0.1, -0.05) is 140 Å². The molecule has 0 aromatic heterocycles. The van der Waals surface area contributed by atoms with Gasteiger partial charge in [0.25, 0.3) is 0 Å². The fraction of sp³-hybridized carbons (Fsp3) is 0. The van der Waals surface area contributed by atoms with Crippen molar-refractivity contribution in [3.05, 3.63) is 218 Å². The minimum absolute atomic E-state index is 0. The molecular weight excluding hydrogens is 661 g/mol. The highest BCUT2D eigenvalue weighted by atomic mass is 32.1. The van der Waals surface area contributed by atoms with E-state index in [1.165, 1.54) is 43.8 Å². The average molecular weight is 699 g/mol. The molecule has 0 aliphatic rings. The van der Waals surface area contributed by atoms with Crippen molar-refractivity contribution < 1.29 is 0 Å². The molecule has 9 aromatic rings. The normalized spacial score (nSPS) is 10.9. The molecule has 0 unspecified atom stereocenters. The maximum Gasteiger partial charge on any atom is 0.0468 e. The first kappa shape index (κ1) is 33.6. The first-order valence-electron chi connectivity index (χ1n) is 17.8. The Balaban J connectivity index is 0.00000400. The Morgan fingerprint density at radius 2 is 0.547 bits per heavy atom. The van der Waals surface area contributed by atoms with Crippen molar-refractivity contribution in [1.29, 1.82) is 0 Å². The molecular formula is C50H38N2S. The number of hydrogen-bond acceptors (Lipinski definition) is 2. The quantitative estimate of drug-likeness (QED) is 0.156. The highest BCUT2D eigenvalue weighted by Gasteiger charge is 2.15. The van der Waals surface area contributed by atoms with Crippen LogP contribution in [0.5, 0.6) is 0 Å². The molecule has 0 aliphatic heterocycles. The Morgan fingerprint density at radius 1 is 0.208 bits per heavy atom. The second-order valence-corrected chi connectivity index (χ2v) is 13.1. The second kappa shape index (κ2) is 15.0. The van der Waals surface area contributed by atoms with Crippen molar-refractivity contribution in [1.82, 2.24) is 0 Å². The van der Waals surface area contributed by atoms with E-state index in [2.05, 4.69) is 228 Å². The van der Waals surface area contributed by atoms with Crippen LogP contribution in [0.25, 0.3) is 43.8 Å². The fourth-order valence-electron chi connectivity index (χ4n) is 7.16. The van der Waals surface area contributed by atoms with E-state index in [9.17, 15) is 0 Å². The molecule has 0 saturated heterocycles. The lowest BCUT2D eigenvalue weighted by Gasteiger charge is -2.26. The van der Waals surface area contributed by atoms with Crippen molar-refractivity contribution in [2.45, 2.75) is 0 Å². The van der Waals surface area contributed by atoms with Gasteiger partial charge in [-0.3, -0.25) is 0 Å². The smallest absolute Gasteiger partial charge is 0.0468 e. The SMILES string of the molecule is S.c1ccc(N(c2ccc(-c3cccc(-c4ccc(N(c5ccccc5)c5ccc6ccccc6c5)cc4)c3)cc2)c2ccc3ccccc3c2)cc1. The number of benzene rings is 9. The molecule has 0 heterocycles. The van der Waals surface area contributed by atoms with Gasteiger partial charge < -0.3 is 9.80 Å². The summed E-state index contributed by atoms with van der Waals surface area (Å²) in [6.07, 6.45) is 0. The predicted octanol–water partition coefficient (Wildman–Crippen LogP) is 14.4. The number of hydrogen-bond donors (Lipinski definition) is 0. The van der Waals surface area contributed by atoms with E-state index in [-0.39, 0.29) is 13.5 Å². The third kappa shape index (κ3) is 6.91. The molecule has 0 radical (unpaired) electrons. The van der Waals surface area contributed by atoms with Crippen molar-refractivity contribution in [2.24, 2.45) is 0 Å². The monoisotopic (exact) mass is 698 g/mol. The van der Waals surface area contributed by atoms with E-state index < -0.39 is 0 Å². The van der Waals surface area contributed by atoms with E-state index in [4.69, 9.17) is 0 Å². The fourth-order valence-corrected chi connectivity index (χ4v) is 7.16. The number of para-hydroxylation sites is 2. The zero-order valence-electron chi connectivity index (χ0n) is 29.2. The lowest BCUT2D eigenvalue weighted by molar-refractivity contribution is 1.29. The molecule has 53 heavy (non-hydrogen) atoms. The molecule has 9 rings (SSSR count). The summed E-state index contributed by atoms with van der Waals surface area (Å²) in [7, 11) is 0. The highest BCUT2D eigenvalue weighted by Crippen LogP contribution is 2.39. The van der Waals surface area contributed by atoms with Gasteiger partial charge in [0.1, 0.15) is 0 Å². The van der Waals surface area contributed by atoms with E-state index in [1.807, 2.05) is 0 Å². The molecule has 0 spiro atoms. The van der Waals surface area contributed by atoms with Crippen LogP contribution >= 0.6 is 13.5 Å².